The molecule has 2 aromatic rings. The molecule has 0 unspecified atom stereocenters. The lowest BCUT2D eigenvalue weighted by Gasteiger charge is -2.35. The smallest absolute Gasteiger partial charge is 0.0991 e. The summed E-state index contributed by atoms with van der Waals surface area (Å²) in [4.78, 5) is 2.40. The Kier molecular flexibility index (Phi) is 5.28. The van der Waals surface area contributed by atoms with E-state index < -0.39 is 0 Å². The molecule has 0 amide bonds. The van der Waals surface area contributed by atoms with Crippen LogP contribution in [0, 0.1) is 18.3 Å². The van der Waals surface area contributed by atoms with Crippen molar-refractivity contribution in [3.63, 3.8) is 0 Å². The van der Waals surface area contributed by atoms with Gasteiger partial charge in [0.25, 0.3) is 0 Å². The molecule has 2 heteroatoms. The largest absolute Gasteiger partial charge is 0.371 e. The van der Waals surface area contributed by atoms with E-state index >= 15 is 0 Å². The molecule has 0 aromatic heterocycles. The van der Waals surface area contributed by atoms with E-state index in [1.807, 2.05) is 12.1 Å². The fraction of sp³-hybridized carbons (Fsp3) is 0.292. The molecule has 2 aromatic carbocycles. The SMILES string of the molecule is C=C(C)c1cc(C(=C)N2CCC(c3ccc(C#N)cc3)CC2)ccc1C. The Balaban J connectivity index is 1.67. The second-order valence-electron chi connectivity index (χ2n) is 7.25. The molecule has 0 bridgehead atoms. The first-order valence-electron chi connectivity index (χ1n) is 9.20. The van der Waals surface area contributed by atoms with Gasteiger partial charge in [0.05, 0.1) is 11.6 Å². The quantitative estimate of drug-likeness (QED) is 0.707. The fourth-order valence-corrected chi connectivity index (χ4v) is 3.76. The lowest BCUT2D eigenvalue weighted by molar-refractivity contribution is 0.299. The van der Waals surface area contributed by atoms with Gasteiger partial charge < -0.3 is 4.90 Å². The van der Waals surface area contributed by atoms with Crippen LogP contribution in [0.15, 0.2) is 55.6 Å². The number of nitrogens with zero attached hydrogens (tertiary/aromatic N) is 2. The van der Waals surface area contributed by atoms with Crippen LogP contribution in [0.3, 0.4) is 0 Å². The number of nitriles is 1. The van der Waals surface area contributed by atoms with E-state index in [0.717, 1.165) is 42.8 Å². The van der Waals surface area contributed by atoms with Crippen molar-refractivity contribution in [1.82, 2.24) is 4.90 Å². The molecular formula is C24H26N2. The molecule has 0 N–H and O–H groups in total. The lowest BCUT2D eigenvalue weighted by Crippen LogP contribution is -2.31. The molecule has 0 atom stereocenters. The van der Waals surface area contributed by atoms with Crippen molar-refractivity contribution in [3.05, 3.63) is 83.4 Å². The summed E-state index contributed by atoms with van der Waals surface area (Å²) in [5.74, 6) is 0.566. The van der Waals surface area contributed by atoms with Crippen molar-refractivity contribution in [2.45, 2.75) is 32.6 Å². The molecule has 0 saturated carbocycles. The molecule has 0 radical (unpaired) electrons. The van der Waals surface area contributed by atoms with Crippen LogP contribution in [0.25, 0.3) is 11.3 Å². The van der Waals surface area contributed by atoms with Gasteiger partial charge in [0, 0.05) is 18.8 Å². The number of rotatable bonds is 4. The number of benzene rings is 2. The van der Waals surface area contributed by atoms with Crippen LogP contribution in [-0.2, 0) is 0 Å². The zero-order valence-electron chi connectivity index (χ0n) is 15.8. The van der Waals surface area contributed by atoms with E-state index in [1.54, 1.807) is 0 Å². The second-order valence-corrected chi connectivity index (χ2v) is 7.25. The van der Waals surface area contributed by atoms with E-state index in [9.17, 15) is 0 Å². The average molecular weight is 342 g/mol. The van der Waals surface area contributed by atoms with E-state index in [0.29, 0.717) is 5.92 Å². The number of allylic oxidation sites excluding steroid dienone is 1. The zero-order chi connectivity index (χ0) is 18.7. The standard InChI is InChI=1S/C24H26N2/c1-17(2)24-15-23(8-5-18(24)3)19(4)26-13-11-22(12-14-26)21-9-6-20(16-25)7-10-21/h5-10,15,22H,1,4,11-14H2,2-3H3. The van der Waals surface area contributed by atoms with Gasteiger partial charge in [-0.15, -0.1) is 0 Å². The van der Waals surface area contributed by atoms with E-state index in [4.69, 9.17) is 5.26 Å². The monoisotopic (exact) mass is 342 g/mol. The molecule has 3 rings (SSSR count). The van der Waals surface area contributed by atoms with Gasteiger partial charge in [-0.05, 0) is 73.1 Å². The van der Waals surface area contributed by atoms with Crippen LogP contribution >= 0.6 is 0 Å². The summed E-state index contributed by atoms with van der Waals surface area (Å²) < 4.78 is 0. The lowest BCUT2D eigenvalue weighted by atomic mass is 9.88. The molecule has 1 aliphatic heterocycles. The van der Waals surface area contributed by atoms with Crippen LogP contribution in [0.4, 0.5) is 0 Å². The molecule has 132 valence electrons. The third kappa shape index (κ3) is 3.73. The summed E-state index contributed by atoms with van der Waals surface area (Å²) in [5.41, 5.74) is 7.93. The Morgan fingerprint density at radius 2 is 1.73 bits per heavy atom. The highest BCUT2D eigenvalue weighted by molar-refractivity contribution is 5.71. The third-order valence-corrected chi connectivity index (χ3v) is 5.42. The molecule has 1 saturated heterocycles. The van der Waals surface area contributed by atoms with Gasteiger partial charge in [-0.1, -0.05) is 43.0 Å². The molecule has 1 aliphatic rings. The number of piperidine rings is 1. The highest BCUT2D eigenvalue weighted by Crippen LogP contribution is 2.32. The zero-order valence-corrected chi connectivity index (χ0v) is 15.8. The summed E-state index contributed by atoms with van der Waals surface area (Å²) in [5, 5.41) is 8.94. The summed E-state index contributed by atoms with van der Waals surface area (Å²) in [7, 11) is 0. The number of hydrogen-bond donors (Lipinski definition) is 0. The summed E-state index contributed by atoms with van der Waals surface area (Å²) in [6.07, 6.45) is 2.23. The number of likely N-dealkylation sites (tertiary alicyclic amines) is 1. The van der Waals surface area contributed by atoms with Gasteiger partial charge in [-0.25, -0.2) is 0 Å². The van der Waals surface area contributed by atoms with Crippen molar-refractivity contribution >= 4 is 11.3 Å². The normalized spacial score (nSPS) is 14.7. The van der Waals surface area contributed by atoms with Crippen molar-refractivity contribution in [3.8, 4) is 6.07 Å². The first-order chi connectivity index (χ1) is 12.5. The maximum absolute atomic E-state index is 8.94. The van der Waals surface area contributed by atoms with Gasteiger partial charge in [0.2, 0.25) is 0 Å². The van der Waals surface area contributed by atoms with Crippen LogP contribution in [-0.4, -0.2) is 18.0 Å². The van der Waals surface area contributed by atoms with Crippen molar-refractivity contribution in [2.24, 2.45) is 0 Å². The molecule has 1 heterocycles. The minimum absolute atomic E-state index is 0.566. The summed E-state index contributed by atoms with van der Waals surface area (Å²) in [6.45, 7) is 14.7. The molecule has 1 fully saturated rings. The third-order valence-electron chi connectivity index (χ3n) is 5.42. The van der Waals surface area contributed by atoms with E-state index in [2.05, 4.69) is 68.3 Å². The molecular weight excluding hydrogens is 316 g/mol. The van der Waals surface area contributed by atoms with Crippen LogP contribution in [0.1, 0.15) is 53.5 Å². The Hall–Kier alpha value is -2.79. The second kappa shape index (κ2) is 7.62. The minimum Gasteiger partial charge on any atom is -0.371 e. The average Bonchev–Trinajstić information content (AvgIpc) is 2.68. The summed E-state index contributed by atoms with van der Waals surface area (Å²) >= 11 is 0. The molecule has 0 spiro atoms. The van der Waals surface area contributed by atoms with Crippen LogP contribution < -0.4 is 0 Å². The van der Waals surface area contributed by atoms with Gasteiger partial charge in [0.1, 0.15) is 0 Å². The number of hydrogen-bond acceptors (Lipinski definition) is 2. The van der Waals surface area contributed by atoms with E-state index in [-0.39, 0.29) is 0 Å². The highest BCUT2D eigenvalue weighted by Gasteiger charge is 2.22. The maximum Gasteiger partial charge on any atom is 0.0991 e. The Morgan fingerprint density at radius 1 is 1.08 bits per heavy atom. The van der Waals surface area contributed by atoms with E-state index in [1.165, 1.54) is 22.3 Å². The highest BCUT2D eigenvalue weighted by atomic mass is 15.1. The van der Waals surface area contributed by atoms with Gasteiger partial charge >= 0.3 is 0 Å². The van der Waals surface area contributed by atoms with Gasteiger partial charge in [-0.2, -0.15) is 5.26 Å². The first-order valence-corrected chi connectivity index (χ1v) is 9.20. The van der Waals surface area contributed by atoms with Crippen molar-refractivity contribution in [2.75, 3.05) is 13.1 Å². The Labute approximate surface area is 157 Å². The van der Waals surface area contributed by atoms with Gasteiger partial charge in [-0.3, -0.25) is 0 Å². The van der Waals surface area contributed by atoms with Crippen molar-refractivity contribution < 1.29 is 0 Å². The van der Waals surface area contributed by atoms with Crippen molar-refractivity contribution in [1.29, 1.82) is 5.26 Å². The molecule has 26 heavy (non-hydrogen) atoms. The predicted molar refractivity (Wildman–Crippen MR) is 110 cm³/mol. The Bertz CT molecular complexity index is 860. The van der Waals surface area contributed by atoms with Gasteiger partial charge in [0.15, 0.2) is 0 Å². The Morgan fingerprint density at radius 3 is 2.31 bits per heavy atom. The minimum atomic E-state index is 0.566. The van der Waals surface area contributed by atoms with Crippen LogP contribution in [0.2, 0.25) is 0 Å². The topological polar surface area (TPSA) is 27.0 Å². The number of aryl methyl sites for hydroxylation is 1. The predicted octanol–water partition coefficient (Wildman–Crippen LogP) is 5.75. The molecule has 0 aliphatic carbocycles. The molecule has 2 nitrogen and oxygen atoms in total. The van der Waals surface area contributed by atoms with Crippen LogP contribution in [0.5, 0.6) is 0 Å². The summed E-state index contributed by atoms with van der Waals surface area (Å²) in [6, 6.07) is 16.8. The fourth-order valence-electron chi connectivity index (χ4n) is 3.76. The first kappa shape index (κ1) is 18.0. The maximum atomic E-state index is 8.94.